The van der Waals surface area contributed by atoms with Crippen LogP contribution in [0.4, 0.5) is 13.2 Å². The van der Waals surface area contributed by atoms with Crippen molar-refractivity contribution in [1.29, 1.82) is 0 Å². The molecule has 2 amide bonds. The molecule has 0 atom stereocenters. The summed E-state index contributed by atoms with van der Waals surface area (Å²) >= 11 is 0. The summed E-state index contributed by atoms with van der Waals surface area (Å²) in [6.45, 7) is 4.26. The van der Waals surface area contributed by atoms with Gasteiger partial charge in [0, 0.05) is 26.2 Å². The van der Waals surface area contributed by atoms with Gasteiger partial charge in [0.25, 0.3) is 5.91 Å². The van der Waals surface area contributed by atoms with Gasteiger partial charge in [-0.15, -0.1) is 0 Å². The largest absolute Gasteiger partial charge is 0.492 e. The molecule has 0 radical (unpaired) electrons. The molecule has 7 nitrogen and oxygen atoms in total. The van der Waals surface area contributed by atoms with E-state index in [2.05, 4.69) is 5.32 Å². The molecular weight excluding hydrogens is 415 g/mol. The van der Waals surface area contributed by atoms with Crippen LogP contribution in [0, 0.1) is 6.92 Å². The molecule has 1 aromatic carbocycles. The summed E-state index contributed by atoms with van der Waals surface area (Å²) in [5, 5.41) is 2.68. The zero-order valence-corrected chi connectivity index (χ0v) is 17.1. The predicted octanol–water partition coefficient (Wildman–Crippen LogP) is 2.56. The Morgan fingerprint density at radius 1 is 1.13 bits per heavy atom. The smallest absolute Gasteiger partial charge is 0.416 e. The number of nitrogens with zero attached hydrogens (tertiary/aromatic N) is 2. The van der Waals surface area contributed by atoms with E-state index in [0.29, 0.717) is 37.7 Å². The molecule has 0 aliphatic carbocycles. The number of alkyl halides is 3. The summed E-state index contributed by atoms with van der Waals surface area (Å²) in [4.78, 5) is 28.1. The molecule has 1 aliphatic heterocycles. The van der Waals surface area contributed by atoms with Crippen LogP contribution in [-0.2, 0) is 11.0 Å². The van der Waals surface area contributed by atoms with Crippen LogP contribution in [-0.4, -0.2) is 67.5 Å². The van der Waals surface area contributed by atoms with E-state index in [0.717, 1.165) is 12.1 Å². The molecule has 1 aliphatic rings. The van der Waals surface area contributed by atoms with Crippen LogP contribution < -0.4 is 10.1 Å². The summed E-state index contributed by atoms with van der Waals surface area (Å²) in [7, 11) is 0. The molecule has 0 bridgehead atoms. The summed E-state index contributed by atoms with van der Waals surface area (Å²) in [6.07, 6.45) is -4.43. The number of nitrogens with one attached hydrogen (secondary N) is 1. The number of halogens is 3. The number of piperazine rings is 1. The Morgan fingerprint density at radius 3 is 2.52 bits per heavy atom. The molecule has 0 spiro atoms. The third-order valence-electron chi connectivity index (χ3n) is 4.83. The molecular formula is C21H24F3N3O4. The minimum absolute atomic E-state index is 0.0535. The van der Waals surface area contributed by atoms with Gasteiger partial charge in [0.1, 0.15) is 18.1 Å². The van der Waals surface area contributed by atoms with E-state index in [4.69, 9.17) is 9.15 Å². The lowest BCUT2D eigenvalue weighted by Gasteiger charge is -2.33. The van der Waals surface area contributed by atoms with Crippen LogP contribution in [0.25, 0.3) is 0 Å². The van der Waals surface area contributed by atoms with Crippen molar-refractivity contribution in [1.82, 2.24) is 15.1 Å². The second kappa shape index (κ2) is 9.86. The number of benzene rings is 1. The van der Waals surface area contributed by atoms with Gasteiger partial charge in [-0.3, -0.25) is 14.5 Å². The average Bonchev–Trinajstić information content (AvgIpc) is 3.17. The van der Waals surface area contributed by atoms with Crippen molar-refractivity contribution in [3.63, 3.8) is 0 Å². The Balaban J connectivity index is 1.34. The summed E-state index contributed by atoms with van der Waals surface area (Å²) < 4.78 is 48.7. The molecule has 1 N–H and O–H groups in total. The first-order valence-corrected chi connectivity index (χ1v) is 9.87. The maximum atomic E-state index is 12.7. The topological polar surface area (TPSA) is 75.0 Å². The molecule has 1 saturated heterocycles. The summed E-state index contributed by atoms with van der Waals surface area (Å²) in [5.74, 6) is 0.704. The van der Waals surface area contributed by atoms with Gasteiger partial charge in [-0.1, -0.05) is 6.07 Å². The van der Waals surface area contributed by atoms with E-state index < -0.39 is 11.7 Å². The minimum Gasteiger partial charge on any atom is -0.492 e. The van der Waals surface area contributed by atoms with E-state index in [-0.39, 0.29) is 37.3 Å². The fourth-order valence-electron chi connectivity index (χ4n) is 3.19. The van der Waals surface area contributed by atoms with Crippen LogP contribution in [0.2, 0.25) is 0 Å². The van der Waals surface area contributed by atoms with Crippen LogP contribution in [0.3, 0.4) is 0 Å². The van der Waals surface area contributed by atoms with Gasteiger partial charge in [0.2, 0.25) is 5.91 Å². The number of hydrogen-bond acceptors (Lipinski definition) is 5. The molecule has 10 heteroatoms. The normalized spacial score (nSPS) is 15.0. The Kier molecular flexibility index (Phi) is 7.21. The molecule has 2 aromatic rings. The number of aryl methyl sites for hydroxylation is 1. The number of rotatable bonds is 7. The van der Waals surface area contributed by atoms with Crippen molar-refractivity contribution < 1.29 is 31.9 Å². The molecule has 2 heterocycles. The van der Waals surface area contributed by atoms with Crippen molar-refractivity contribution in [3.05, 3.63) is 53.5 Å². The second-order valence-corrected chi connectivity index (χ2v) is 7.20. The predicted molar refractivity (Wildman–Crippen MR) is 106 cm³/mol. The van der Waals surface area contributed by atoms with Crippen molar-refractivity contribution in [3.8, 4) is 5.75 Å². The quantitative estimate of drug-likeness (QED) is 0.672. The van der Waals surface area contributed by atoms with Crippen molar-refractivity contribution in [2.45, 2.75) is 13.1 Å². The highest BCUT2D eigenvalue weighted by Crippen LogP contribution is 2.31. The molecule has 168 valence electrons. The van der Waals surface area contributed by atoms with Gasteiger partial charge in [-0.2, -0.15) is 13.2 Å². The van der Waals surface area contributed by atoms with E-state index >= 15 is 0 Å². The van der Waals surface area contributed by atoms with Gasteiger partial charge in [-0.05, 0) is 37.3 Å². The second-order valence-electron chi connectivity index (χ2n) is 7.20. The highest BCUT2D eigenvalue weighted by molar-refractivity contribution is 5.91. The average molecular weight is 439 g/mol. The first kappa shape index (κ1) is 22.7. The number of ether oxygens (including phenoxy) is 1. The van der Waals surface area contributed by atoms with Crippen molar-refractivity contribution in [2.24, 2.45) is 0 Å². The van der Waals surface area contributed by atoms with E-state index in [9.17, 15) is 22.8 Å². The molecule has 31 heavy (non-hydrogen) atoms. The highest BCUT2D eigenvalue weighted by Gasteiger charge is 2.30. The monoisotopic (exact) mass is 439 g/mol. The maximum Gasteiger partial charge on any atom is 0.416 e. The highest BCUT2D eigenvalue weighted by atomic mass is 19.4. The number of furan rings is 1. The van der Waals surface area contributed by atoms with Crippen molar-refractivity contribution >= 4 is 11.8 Å². The number of carbonyl (C=O) groups is 2. The molecule has 0 saturated carbocycles. The first-order valence-electron chi connectivity index (χ1n) is 9.87. The molecule has 0 unspecified atom stereocenters. The third kappa shape index (κ3) is 6.48. The fourth-order valence-corrected chi connectivity index (χ4v) is 3.19. The van der Waals surface area contributed by atoms with Gasteiger partial charge in [0.15, 0.2) is 5.76 Å². The lowest BCUT2D eigenvalue weighted by molar-refractivity contribution is -0.137. The maximum absolute atomic E-state index is 12.7. The van der Waals surface area contributed by atoms with Gasteiger partial charge >= 0.3 is 6.18 Å². The minimum atomic E-state index is -4.43. The van der Waals surface area contributed by atoms with Gasteiger partial charge < -0.3 is 19.4 Å². The number of carbonyl (C=O) groups excluding carboxylic acids is 2. The Labute approximate surface area is 177 Å². The van der Waals surface area contributed by atoms with Crippen LogP contribution >= 0.6 is 0 Å². The Hall–Kier alpha value is -3.01. The van der Waals surface area contributed by atoms with Gasteiger partial charge in [0.05, 0.1) is 18.7 Å². The zero-order chi connectivity index (χ0) is 22.4. The Bertz CT molecular complexity index is 905. The number of hydrogen-bond donors (Lipinski definition) is 1. The van der Waals surface area contributed by atoms with Crippen LogP contribution in [0.5, 0.6) is 5.75 Å². The zero-order valence-electron chi connectivity index (χ0n) is 17.1. The van der Waals surface area contributed by atoms with E-state index in [1.54, 1.807) is 24.0 Å². The lowest BCUT2D eigenvalue weighted by Crippen LogP contribution is -2.51. The SMILES string of the molecule is Cc1ccc(C(=O)N2CCN(CC(=O)NCCOc3cccc(C(F)(F)F)c3)CC2)o1. The third-order valence-corrected chi connectivity index (χ3v) is 4.83. The number of amides is 2. The van der Waals surface area contributed by atoms with Crippen molar-refractivity contribution in [2.75, 3.05) is 45.9 Å². The molecule has 1 aromatic heterocycles. The van der Waals surface area contributed by atoms with E-state index in [1.165, 1.54) is 12.1 Å². The summed E-state index contributed by atoms with van der Waals surface area (Å²) in [6, 6.07) is 7.99. The van der Waals surface area contributed by atoms with Gasteiger partial charge in [-0.25, -0.2) is 0 Å². The first-order chi connectivity index (χ1) is 14.7. The standard InChI is InChI=1S/C21H24F3N3O4/c1-15-5-6-18(31-15)20(29)27-10-8-26(9-11-27)14-19(28)25-7-12-30-17-4-2-3-16(13-17)21(22,23)24/h2-6,13H,7-12,14H2,1H3,(H,25,28). The molecule has 1 fully saturated rings. The summed E-state index contributed by atoms with van der Waals surface area (Å²) in [5.41, 5.74) is -0.783. The van der Waals surface area contributed by atoms with Crippen LogP contribution in [0.1, 0.15) is 21.9 Å². The molecule has 3 rings (SSSR count). The Morgan fingerprint density at radius 2 is 1.87 bits per heavy atom. The lowest BCUT2D eigenvalue weighted by atomic mass is 10.2. The van der Waals surface area contributed by atoms with Crippen LogP contribution in [0.15, 0.2) is 40.8 Å². The fraction of sp³-hybridized carbons (Fsp3) is 0.429. The van der Waals surface area contributed by atoms with E-state index in [1.807, 2.05) is 4.90 Å².